The molecule has 0 spiro atoms. The zero-order valence-corrected chi connectivity index (χ0v) is 19.1. The lowest BCUT2D eigenvalue weighted by Gasteiger charge is -2.11. The van der Waals surface area contributed by atoms with E-state index >= 15 is 0 Å². The van der Waals surface area contributed by atoms with Crippen molar-refractivity contribution >= 4 is 28.9 Å². The van der Waals surface area contributed by atoms with Crippen LogP contribution in [0.1, 0.15) is 49.6 Å². The van der Waals surface area contributed by atoms with Gasteiger partial charge in [0.25, 0.3) is 0 Å². The first-order valence-electron chi connectivity index (χ1n) is 10.2. The molecule has 2 saturated carbocycles. The molecule has 0 atom stereocenters. The summed E-state index contributed by atoms with van der Waals surface area (Å²) in [6, 6.07) is 4.48. The average molecular weight is 451 g/mol. The summed E-state index contributed by atoms with van der Waals surface area (Å²) in [7, 11) is 1.68. The van der Waals surface area contributed by atoms with E-state index in [0.29, 0.717) is 13.0 Å². The molecule has 7 nitrogen and oxygen atoms in total. The molecule has 0 unspecified atom stereocenters. The van der Waals surface area contributed by atoms with Gasteiger partial charge in [-0.2, -0.15) is 5.26 Å². The number of methoxy groups -OCH3 is 1. The van der Waals surface area contributed by atoms with E-state index in [9.17, 15) is 5.26 Å². The maximum atomic E-state index is 9.48. The minimum absolute atomic E-state index is 0.214. The summed E-state index contributed by atoms with van der Waals surface area (Å²) in [6.45, 7) is 2.84. The van der Waals surface area contributed by atoms with Gasteiger partial charge >= 0.3 is 0 Å². The Bertz CT molecular complexity index is 1240. The Hall–Kier alpha value is -2.43. The van der Waals surface area contributed by atoms with E-state index in [1.54, 1.807) is 19.1 Å². The van der Waals surface area contributed by atoms with E-state index < -0.39 is 5.41 Å². The van der Waals surface area contributed by atoms with E-state index in [1.165, 1.54) is 24.2 Å². The number of hydrogen-bond acceptors (Lipinski definition) is 8. The number of hydrogen-bond donors (Lipinski definition) is 1. The zero-order valence-electron chi connectivity index (χ0n) is 17.4. The van der Waals surface area contributed by atoms with Crippen LogP contribution in [0.4, 0.5) is 0 Å². The summed E-state index contributed by atoms with van der Waals surface area (Å²) in [5.74, 6) is 6.44. The number of nitrogens with zero attached hydrogens (tertiary/aromatic N) is 5. The maximum absolute atomic E-state index is 9.48. The van der Waals surface area contributed by atoms with E-state index in [2.05, 4.69) is 57.0 Å². The maximum Gasteiger partial charge on any atom is 0.166 e. The molecule has 2 fully saturated rings. The SMILES string of the molecule is COCCC#Cc1cc(SNC2(C)CC2)cn2c(-c3nnc(C4(C#N)CC4)s3)cnc12. The van der Waals surface area contributed by atoms with Crippen molar-refractivity contribution in [3.63, 3.8) is 0 Å². The van der Waals surface area contributed by atoms with E-state index in [-0.39, 0.29) is 5.54 Å². The summed E-state index contributed by atoms with van der Waals surface area (Å²) in [5, 5.41) is 19.8. The molecule has 0 amide bonds. The Balaban J connectivity index is 1.53. The number of rotatable bonds is 7. The van der Waals surface area contributed by atoms with Crippen LogP contribution in [0.15, 0.2) is 23.4 Å². The Morgan fingerprint density at radius 3 is 2.87 bits per heavy atom. The van der Waals surface area contributed by atoms with E-state index in [4.69, 9.17) is 4.74 Å². The topological polar surface area (TPSA) is 88.1 Å². The fourth-order valence-electron chi connectivity index (χ4n) is 3.17. The van der Waals surface area contributed by atoms with E-state index in [0.717, 1.165) is 44.7 Å². The number of imidazole rings is 1. The van der Waals surface area contributed by atoms with Crippen LogP contribution in [-0.4, -0.2) is 38.8 Å². The summed E-state index contributed by atoms with van der Waals surface area (Å²) in [4.78, 5) is 5.70. The molecule has 0 radical (unpaired) electrons. The third kappa shape index (κ3) is 4.07. The molecule has 1 N–H and O–H groups in total. The fraction of sp³-hybridized carbons (Fsp3) is 0.455. The van der Waals surface area contributed by atoms with Crippen molar-refractivity contribution in [2.24, 2.45) is 0 Å². The van der Waals surface area contributed by atoms with Crippen molar-refractivity contribution in [3.8, 4) is 28.6 Å². The zero-order chi connectivity index (χ0) is 21.5. The highest BCUT2D eigenvalue weighted by Crippen LogP contribution is 2.49. The molecule has 3 aromatic heterocycles. The Morgan fingerprint density at radius 2 is 2.16 bits per heavy atom. The molecule has 0 aliphatic heterocycles. The van der Waals surface area contributed by atoms with Gasteiger partial charge in [-0.1, -0.05) is 23.2 Å². The van der Waals surface area contributed by atoms with E-state index in [1.807, 2.05) is 10.6 Å². The molecule has 0 saturated heterocycles. The summed E-state index contributed by atoms with van der Waals surface area (Å²) in [5.41, 5.74) is 2.31. The molecule has 2 aliphatic rings. The van der Waals surface area contributed by atoms with Gasteiger partial charge < -0.3 is 4.74 Å². The quantitative estimate of drug-likeness (QED) is 0.331. The average Bonchev–Trinajstić information content (AvgIpc) is 3.62. The molecule has 0 bridgehead atoms. The first kappa shape index (κ1) is 20.5. The number of nitriles is 1. The Labute approximate surface area is 189 Å². The van der Waals surface area contributed by atoms with Gasteiger partial charge in [0.1, 0.15) is 16.1 Å². The first-order chi connectivity index (χ1) is 15.1. The monoisotopic (exact) mass is 450 g/mol. The standard InChI is InChI=1S/C22H22N6OS2/c1-21(6-7-21)27-31-16-11-15(5-3-4-10-29-2)18-24-12-17(28(18)13-16)19-25-26-20(30-19)22(14-23)8-9-22/h11-13,27H,4,6-10H2,1-2H3. The first-order valence-corrected chi connectivity index (χ1v) is 11.9. The molecular formula is C22H22N6OS2. The smallest absolute Gasteiger partial charge is 0.166 e. The largest absolute Gasteiger partial charge is 0.384 e. The molecule has 31 heavy (non-hydrogen) atoms. The van der Waals surface area contributed by atoms with Crippen LogP contribution in [0.25, 0.3) is 16.3 Å². The lowest BCUT2D eigenvalue weighted by molar-refractivity contribution is 0.206. The molecule has 9 heteroatoms. The highest BCUT2D eigenvalue weighted by Gasteiger charge is 2.48. The molecule has 5 rings (SSSR count). The van der Waals surface area contributed by atoms with Crippen LogP contribution >= 0.6 is 23.3 Å². The minimum atomic E-state index is -0.432. The molecule has 158 valence electrons. The second kappa shape index (κ2) is 7.92. The number of nitrogens with one attached hydrogen (secondary N) is 1. The third-order valence-corrected chi connectivity index (χ3v) is 7.87. The van der Waals surface area contributed by atoms with Crippen LogP contribution in [0.3, 0.4) is 0 Å². The van der Waals surface area contributed by atoms with Crippen molar-refractivity contribution in [2.75, 3.05) is 13.7 Å². The minimum Gasteiger partial charge on any atom is -0.384 e. The lowest BCUT2D eigenvalue weighted by atomic mass is 10.1. The van der Waals surface area contributed by atoms with Crippen molar-refractivity contribution in [1.29, 1.82) is 5.26 Å². The molecule has 2 aliphatic carbocycles. The predicted octanol–water partition coefficient (Wildman–Crippen LogP) is 3.95. The number of pyridine rings is 1. The van der Waals surface area contributed by atoms with Crippen molar-refractivity contribution in [3.05, 3.63) is 29.0 Å². The van der Waals surface area contributed by atoms with Crippen molar-refractivity contribution in [2.45, 2.75) is 54.9 Å². The lowest BCUT2D eigenvalue weighted by Crippen LogP contribution is -2.20. The van der Waals surface area contributed by atoms with Gasteiger partial charge in [-0.3, -0.25) is 9.12 Å². The highest BCUT2D eigenvalue weighted by atomic mass is 32.2. The Kier molecular flexibility index (Phi) is 5.23. The summed E-state index contributed by atoms with van der Waals surface area (Å²) in [6.07, 6.45) is 8.65. The summed E-state index contributed by atoms with van der Waals surface area (Å²) < 4.78 is 10.7. The molecule has 3 heterocycles. The van der Waals surface area contributed by atoms with Crippen LogP contribution in [-0.2, 0) is 10.2 Å². The van der Waals surface area contributed by atoms with Gasteiger partial charge in [-0.05, 0) is 50.6 Å². The summed E-state index contributed by atoms with van der Waals surface area (Å²) >= 11 is 3.11. The fourth-order valence-corrected chi connectivity index (χ4v) is 5.12. The molecule has 3 aromatic rings. The van der Waals surface area contributed by atoms with Crippen molar-refractivity contribution < 1.29 is 4.74 Å². The second-order valence-corrected chi connectivity index (χ2v) is 10.2. The van der Waals surface area contributed by atoms with Crippen LogP contribution in [0.2, 0.25) is 0 Å². The van der Waals surface area contributed by atoms with Gasteiger partial charge in [-0.15, -0.1) is 10.2 Å². The highest BCUT2D eigenvalue weighted by molar-refractivity contribution is 7.97. The van der Waals surface area contributed by atoms with Gasteiger partial charge in [0.15, 0.2) is 10.7 Å². The number of ether oxygens (including phenoxy) is 1. The van der Waals surface area contributed by atoms with Gasteiger partial charge in [-0.25, -0.2) is 4.98 Å². The third-order valence-electron chi connectivity index (χ3n) is 5.67. The predicted molar refractivity (Wildman–Crippen MR) is 121 cm³/mol. The number of fused-ring (bicyclic) bond motifs is 1. The van der Waals surface area contributed by atoms with Gasteiger partial charge in [0, 0.05) is 30.2 Å². The number of aromatic nitrogens is 4. The second-order valence-electron chi connectivity index (χ2n) is 8.34. The molecule has 0 aromatic carbocycles. The van der Waals surface area contributed by atoms with Gasteiger partial charge in [0.05, 0.1) is 24.4 Å². The van der Waals surface area contributed by atoms with Crippen LogP contribution in [0.5, 0.6) is 0 Å². The van der Waals surface area contributed by atoms with Crippen molar-refractivity contribution in [1.82, 2.24) is 24.3 Å². The molecular weight excluding hydrogens is 428 g/mol. The van der Waals surface area contributed by atoms with Gasteiger partial charge in [0.2, 0.25) is 0 Å². The van der Waals surface area contributed by atoms with Crippen LogP contribution in [0, 0.1) is 23.2 Å². The Morgan fingerprint density at radius 1 is 1.32 bits per heavy atom. The normalized spacial score (nSPS) is 17.7. The van der Waals surface area contributed by atoms with Crippen LogP contribution < -0.4 is 4.72 Å².